The third-order valence-electron chi connectivity index (χ3n) is 5.53. The molecule has 0 N–H and O–H groups in total. The largest absolute Gasteiger partial charge is 0.340 e. The maximum absolute atomic E-state index is 13.1. The molecule has 1 saturated heterocycles. The van der Waals surface area contributed by atoms with Crippen molar-refractivity contribution in [3.05, 3.63) is 47.4 Å². The van der Waals surface area contributed by atoms with Crippen LogP contribution in [0.25, 0.3) is 0 Å². The van der Waals surface area contributed by atoms with Crippen molar-refractivity contribution in [3.8, 4) is 0 Å². The first-order valence-corrected chi connectivity index (χ1v) is 10.9. The number of halogens is 1. The fourth-order valence-electron chi connectivity index (χ4n) is 3.97. The van der Waals surface area contributed by atoms with Crippen molar-refractivity contribution < 1.29 is 18.5 Å². The standard InChI is InChI=1S/C23H31FN4O3/c1-16(2)13-22-25-21(26-31-22)10-12-28(17(3)29)20-5-4-11-27(15-20)23(30)14-18-6-8-19(24)9-7-18/h6-9,16,20H,4-5,10-15H2,1-3H3. The van der Waals surface area contributed by atoms with Crippen LogP contribution >= 0.6 is 0 Å². The number of carbonyl (C=O) groups excluding carboxylic acids is 2. The van der Waals surface area contributed by atoms with Gasteiger partial charge in [0.2, 0.25) is 17.7 Å². The Hall–Kier alpha value is -2.77. The Balaban J connectivity index is 1.57. The fraction of sp³-hybridized carbons (Fsp3) is 0.565. The Morgan fingerprint density at radius 1 is 1.29 bits per heavy atom. The molecule has 7 nitrogen and oxygen atoms in total. The number of carbonyl (C=O) groups is 2. The Morgan fingerprint density at radius 3 is 2.71 bits per heavy atom. The van der Waals surface area contributed by atoms with Crippen molar-refractivity contribution >= 4 is 11.8 Å². The molecule has 0 aliphatic carbocycles. The van der Waals surface area contributed by atoms with E-state index in [2.05, 4.69) is 24.0 Å². The Morgan fingerprint density at radius 2 is 2.03 bits per heavy atom. The number of hydrogen-bond donors (Lipinski definition) is 0. The van der Waals surface area contributed by atoms with Crippen LogP contribution in [0.1, 0.15) is 50.9 Å². The summed E-state index contributed by atoms with van der Waals surface area (Å²) in [6.07, 6.45) is 3.17. The van der Waals surface area contributed by atoms with Crippen molar-refractivity contribution in [3.63, 3.8) is 0 Å². The van der Waals surface area contributed by atoms with Gasteiger partial charge in [-0.15, -0.1) is 0 Å². The summed E-state index contributed by atoms with van der Waals surface area (Å²) in [5.41, 5.74) is 0.784. The van der Waals surface area contributed by atoms with Gasteiger partial charge in [0.15, 0.2) is 5.82 Å². The Labute approximate surface area is 182 Å². The molecule has 1 unspecified atom stereocenters. The molecule has 0 spiro atoms. The molecular formula is C23H31FN4O3. The summed E-state index contributed by atoms with van der Waals surface area (Å²) < 4.78 is 18.4. The van der Waals surface area contributed by atoms with Gasteiger partial charge in [0.1, 0.15) is 5.82 Å². The zero-order valence-corrected chi connectivity index (χ0v) is 18.5. The molecule has 0 radical (unpaired) electrons. The van der Waals surface area contributed by atoms with Gasteiger partial charge in [-0.25, -0.2) is 4.39 Å². The number of likely N-dealkylation sites (tertiary alicyclic amines) is 1. The number of benzene rings is 1. The molecule has 168 valence electrons. The Kier molecular flexibility index (Phi) is 7.76. The highest BCUT2D eigenvalue weighted by Gasteiger charge is 2.29. The molecule has 1 aliphatic rings. The molecule has 1 aromatic carbocycles. The topological polar surface area (TPSA) is 79.5 Å². The van der Waals surface area contributed by atoms with Crippen LogP contribution in [-0.4, -0.2) is 57.4 Å². The molecule has 31 heavy (non-hydrogen) atoms. The van der Waals surface area contributed by atoms with E-state index in [1.54, 1.807) is 19.1 Å². The molecular weight excluding hydrogens is 399 g/mol. The first-order chi connectivity index (χ1) is 14.8. The summed E-state index contributed by atoms with van der Waals surface area (Å²) >= 11 is 0. The van der Waals surface area contributed by atoms with Crippen LogP contribution in [0.4, 0.5) is 4.39 Å². The lowest BCUT2D eigenvalue weighted by Gasteiger charge is -2.39. The highest BCUT2D eigenvalue weighted by Crippen LogP contribution is 2.18. The fourth-order valence-corrected chi connectivity index (χ4v) is 3.97. The molecule has 2 aromatic rings. The molecule has 1 aliphatic heterocycles. The summed E-state index contributed by atoms with van der Waals surface area (Å²) in [7, 11) is 0. The van der Waals surface area contributed by atoms with Crippen molar-refractivity contribution in [2.75, 3.05) is 19.6 Å². The number of piperidine rings is 1. The van der Waals surface area contributed by atoms with Gasteiger partial charge in [0.05, 0.1) is 6.42 Å². The third kappa shape index (κ3) is 6.60. The van der Waals surface area contributed by atoms with E-state index >= 15 is 0 Å². The highest BCUT2D eigenvalue weighted by molar-refractivity contribution is 5.79. The predicted octanol–water partition coefficient (Wildman–Crippen LogP) is 3.03. The minimum atomic E-state index is -0.315. The predicted molar refractivity (Wildman–Crippen MR) is 114 cm³/mol. The number of hydrogen-bond acceptors (Lipinski definition) is 5. The molecule has 8 heteroatoms. The average molecular weight is 431 g/mol. The van der Waals surface area contributed by atoms with Crippen LogP contribution in [0.2, 0.25) is 0 Å². The van der Waals surface area contributed by atoms with E-state index < -0.39 is 0 Å². The van der Waals surface area contributed by atoms with Gasteiger partial charge in [-0.05, 0) is 36.5 Å². The molecule has 3 rings (SSSR count). The smallest absolute Gasteiger partial charge is 0.227 e. The van der Waals surface area contributed by atoms with Crippen LogP contribution in [0.3, 0.4) is 0 Å². The zero-order chi connectivity index (χ0) is 22.4. The third-order valence-corrected chi connectivity index (χ3v) is 5.53. The van der Waals surface area contributed by atoms with Gasteiger partial charge in [-0.3, -0.25) is 9.59 Å². The maximum Gasteiger partial charge on any atom is 0.227 e. The first-order valence-electron chi connectivity index (χ1n) is 10.9. The molecule has 1 atom stereocenters. The lowest BCUT2D eigenvalue weighted by atomic mass is 10.0. The summed E-state index contributed by atoms with van der Waals surface area (Å²) in [5, 5.41) is 4.03. The van der Waals surface area contributed by atoms with E-state index in [4.69, 9.17) is 4.52 Å². The summed E-state index contributed by atoms with van der Waals surface area (Å²) in [4.78, 5) is 33.1. The van der Waals surface area contributed by atoms with E-state index in [1.165, 1.54) is 12.1 Å². The monoisotopic (exact) mass is 430 g/mol. The van der Waals surface area contributed by atoms with E-state index in [9.17, 15) is 14.0 Å². The summed E-state index contributed by atoms with van der Waals surface area (Å²) in [5.74, 6) is 1.31. The van der Waals surface area contributed by atoms with E-state index in [1.807, 2.05) is 9.80 Å². The quantitative estimate of drug-likeness (QED) is 0.643. The van der Waals surface area contributed by atoms with Crippen molar-refractivity contribution in [2.45, 2.75) is 58.9 Å². The molecule has 2 heterocycles. The van der Waals surface area contributed by atoms with E-state index in [0.29, 0.717) is 43.7 Å². The van der Waals surface area contributed by atoms with Crippen LogP contribution in [0, 0.1) is 11.7 Å². The van der Waals surface area contributed by atoms with E-state index in [-0.39, 0.29) is 30.1 Å². The second-order valence-corrected chi connectivity index (χ2v) is 8.60. The lowest BCUT2D eigenvalue weighted by Crippen LogP contribution is -2.52. The number of nitrogens with zero attached hydrogens (tertiary/aromatic N) is 4. The van der Waals surface area contributed by atoms with E-state index in [0.717, 1.165) is 24.8 Å². The first kappa shape index (κ1) is 22.9. The summed E-state index contributed by atoms with van der Waals surface area (Å²) in [6.45, 7) is 7.40. The minimum absolute atomic E-state index is 0.00342. The van der Waals surface area contributed by atoms with Gasteiger partial charge >= 0.3 is 0 Å². The second kappa shape index (κ2) is 10.5. The molecule has 1 aromatic heterocycles. The van der Waals surface area contributed by atoms with Crippen LogP contribution < -0.4 is 0 Å². The van der Waals surface area contributed by atoms with Gasteiger partial charge in [0, 0.05) is 45.4 Å². The van der Waals surface area contributed by atoms with Crippen LogP contribution in [0.5, 0.6) is 0 Å². The Bertz CT molecular complexity index is 881. The lowest BCUT2D eigenvalue weighted by molar-refractivity contribution is -0.138. The van der Waals surface area contributed by atoms with Crippen molar-refractivity contribution in [1.82, 2.24) is 19.9 Å². The number of rotatable bonds is 8. The number of aromatic nitrogens is 2. The normalized spacial score (nSPS) is 16.5. The van der Waals surface area contributed by atoms with Gasteiger partial charge in [-0.2, -0.15) is 4.98 Å². The van der Waals surface area contributed by atoms with Gasteiger partial charge < -0.3 is 14.3 Å². The SMILES string of the molecule is CC(=O)N(CCc1noc(CC(C)C)n1)C1CCCN(C(=O)Cc2ccc(F)cc2)C1. The van der Waals surface area contributed by atoms with Crippen molar-refractivity contribution in [2.24, 2.45) is 5.92 Å². The minimum Gasteiger partial charge on any atom is -0.340 e. The molecule has 1 fully saturated rings. The number of amides is 2. The van der Waals surface area contributed by atoms with Crippen LogP contribution in [-0.2, 0) is 28.9 Å². The van der Waals surface area contributed by atoms with Crippen LogP contribution in [0.15, 0.2) is 28.8 Å². The average Bonchev–Trinajstić information content (AvgIpc) is 3.16. The maximum atomic E-state index is 13.1. The highest BCUT2D eigenvalue weighted by atomic mass is 19.1. The molecule has 0 bridgehead atoms. The molecule has 2 amide bonds. The van der Waals surface area contributed by atoms with Gasteiger partial charge in [0.25, 0.3) is 0 Å². The zero-order valence-electron chi connectivity index (χ0n) is 18.5. The molecule has 0 saturated carbocycles. The second-order valence-electron chi connectivity index (χ2n) is 8.60. The van der Waals surface area contributed by atoms with Gasteiger partial charge in [-0.1, -0.05) is 31.1 Å². The summed E-state index contributed by atoms with van der Waals surface area (Å²) in [6, 6.07) is 5.96. The van der Waals surface area contributed by atoms with Crippen molar-refractivity contribution in [1.29, 1.82) is 0 Å².